The highest BCUT2D eigenvalue weighted by molar-refractivity contribution is 5.97. The Balaban J connectivity index is 2.28. The molecular formula is C15H20F2O2. The minimum absolute atomic E-state index is 0.272. The quantitative estimate of drug-likeness (QED) is 0.498. The summed E-state index contributed by atoms with van der Waals surface area (Å²) in [7, 11) is 0. The van der Waals surface area contributed by atoms with Crippen LogP contribution in [0.25, 0.3) is 0 Å². The second-order valence-corrected chi connectivity index (χ2v) is 4.49. The first-order valence-electron chi connectivity index (χ1n) is 6.71. The van der Waals surface area contributed by atoms with Gasteiger partial charge in [0.25, 0.3) is 0 Å². The summed E-state index contributed by atoms with van der Waals surface area (Å²) >= 11 is 0. The molecule has 0 atom stereocenters. The lowest BCUT2D eigenvalue weighted by atomic mass is 10.1. The number of halogens is 2. The Morgan fingerprint density at radius 1 is 1.11 bits per heavy atom. The van der Waals surface area contributed by atoms with E-state index in [1.54, 1.807) is 0 Å². The Morgan fingerprint density at radius 3 is 2.37 bits per heavy atom. The summed E-state index contributed by atoms with van der Waals surface area (Å²) < 4.78 is 31.8. The molecule has 0 aromatic heterocycles. The van der Waals surface area contributed by atoms with Crippen LogP contribution in [0.5, 0.6) is 0 Å². The molecule has 1 aromatic carbocycles. The Morgan fingerprint density at radius 2 is 1.74 bits per heavy atom. The molecule has 0 aliphatic heterocycles. The molecule has 1 rings (SSSR count). The number of unbranched alkanes of at least 4 members (excludes halogenated alkanes) is 4. The normalized spacial score (nSPS) is 10.7. The monoisotopic (exact) mass is 270 g/mol. The van der Waals surface area contributed by atoms with Gasteiger partial charge in [0.2, 0.25) is 0 Å². The van der Waals surface area contributed by atoms with Crippen LogP contribution in [0.2, 0.25) is 0 Å². The van der Waals surface area contributed by atoms with Gasteiger partial charge < -0.3 is 4.74 Å². The molecule has 0 bridgehead atoms. The van der Waals surface area contributed by atoms with E-state index in [9.17, 15) is 13.6 Å². The predicted molar refractivity (Wildman–Crippen MR) is 70.3 cm³/mol. The second-order valence-electron chi connectivity index (χ2n) is 4.49. The SMILES string of the molecule is CCCCCCCOCC(=O)c1c(F)cccc1F. The summed E-state index contributed by atoms with van der Waals surface area (Å²) in [5.41, 5.74) is -0.506. The molecule has 0 saturated carbocycles. The van der Waals surface area contributed by atoms with Crippen molar-refractivity contribution in [3.05, 3.63) is 35.4 Å². The van der Waals surface area contributed by atoms with E-state index >= 15 is 0 Å². The maximum absolute atomic E-state index is 13.3. The van der Waals surface area contributed by atoms with Gasteiger partial charge in [0, 0.05) is 6.61 Å². The smallest absolute Gasteiger partial charge is 0.194 e. The molecule has 4 heteroatoms. The molecule has 2 nitrogen and oxygen atoms in total. The number of ketones is 1. The highest BCUT2D eigenvalue weighted by Crippen LogP contribution is 2.13. The van der Waals surface area contributed by atoms with Gasteiger partial charge in [-0.3, -0.25) is 4.79 Å². The average molecular weight is 270 g/mol. The lowest BCUT2D eigenvalue weighted by Gasteiger charge is -2.05. The van der Waals surface area contributed by atoms with Gasteiger partial charge in [-0.05, 0) is 18.6 Å². The first-order valence-corrected chi connectivity index (χ1v) is 6.71. The lowest BCUT2D eigenvalue weighted by molar-refractivity contribution is 0.0744. The van der Waals surface area contributed by atoms with Gasteiger partial charge in [-0.25, -0.2) is 8.78 Å². The second kappa shape index (κ2) is 8.75. The number of ether oxygens (including phenoxy) is 1. The topological polar surface area (TPSA) is 26.3 Å². The summed E-state index contributed by atoms with van der Waals surface area (Å²) in [6.45, 7) is 2.31. The standard InChI is InChI=1S/C15H20F2O2/c1-2-3-4-5-6-10-19-11-14(18)15-12(16)8-7-9-13(15)17/h7-9H,2-6,10-11H2,1H3. The fraction of sp³-hybridized carbons (Fsp3) is 0.533. The fourth-order valence-electron chi connectivity index (χ4n) is 1.81. The summed E-state index contributed by atoms with van der Waals surface area (Å²) in [6, 6.07) is 3.37. The Labute approximate surface area is 112 Å². The molecule has 0 aliphatic carbocycles. The number of Topliss-reactive ketones (excluding diaryl/α,β-unsaturated/α-hetero) is 1. The van der Waals surface area contributed by atoms with Crippen LogP contribution in [0.4, 0.5) is 8.78 Å². The van der Waals surface area contributed by atoms with Crippen molar-refractivity contribution in [2.45, 2.75) is 39.0 Å². The van der Waals surface area contributed by atoms with Crippen LogP contribution in [0.15, 0.2) is 18.2 Å². The van der Waals surface area contributed by atoms with E-state index in [1.807, 2.05) is 0 Å². The molecule has 19 heavy (non-hydrogen) atoms. The molecular weight excluding hydrogens is 250 g/mol. The zero-order valence-corrected chi connectivity index (χ0v) is 11.3. The van der Waals surface area contributed by atoms with Crippen molar-refractivity contribution < 1.29 is 18.3 Å². The molecule has 0 unspecified atom stereocenters. The zero-order chi connectivity index (χ0) is 14.1. The third-order valence-electron chi connectivity index (χ3n) is 2.87. The highest BCUT2D eigenvalue weighted by atomic mass is 19.1. The van der Waals surface area contributed by atoms with Crippen LogP contribution in [0.3, 0.4) is 0 Å². The molecule has 0 fully saturated rings. The number of hydrogen-bond donors (Lipinski definition) is 0. The zero-order valence-electron chi connectivity index (χ0n) is 11.3. The Bertz CT molecular complexity index is 385. The van der Waals surface area contributed by atoms with E-state index in [0.29, 0.717) is 6.61 Å². The molecule has 0 saturated heterocycles. The molecule has 0 N–H and O–H groups in total. The summed E-state index contributed by atoms with van der Waals surface area (Å²) in [6.07, 6.45) is 5.43. The van der Waals surface area contributed by atoms with E-state index in [0.717, 1.165) is 31.4 Å². The Hall–Kier alpha value is -1.29. The molecule has 106 valence electrons. The molecule has 0 amide bonds. The van der Waals surface area contributed by atoms with E-state index in [2.05, 4.69) is 6.92 Å². The van der Waals surface area contributed by atoms with Gasteiger partial charge in [-0.15, -0.1) is 0 Å². The van der Waals surface area contributed by atoms with Crippen molar-refractivity contribution >= 4 is 5.78 Å². The van der Waals surface area contributed by atoms with E-state index in [4.69, 9.17) is 4.74 Å². The third-order valence-corrected chi connectivity index (χ3v) is 2.87. The van der Waals surface area contributed by atoms with Gasteiger partial charge in [0.05, 0.1) is 5.56 Å². The van der Waals surface area contributed by atoms with Crippen molar-refractivity contribution in [3.63, 3.8) is 0 Å². The van der Waals surface area contributed by atoms with Gasteiger partial charge in [0.15, 0.2) is 5.78 Å². The molecule has 0 heterocycles. The fourth-order valence-corrected chi connectivity index (χ4v) is 1.81. The maximum atomic E-state index is 13.3. The van der Waals surface area contributed by atoms with Crippen molar-refractivity contribution in [2.24, 2.45) is 0 Å². The first kappa shape index (κ1) is 15.8. The lowest BCUT2D eigenvalue weighted by Crippen LogP contribution is -2.13. The van der Waals surface area contributed by atoms with E-state index in [-0.39, 0.29) is 6.61 Å². The minimum Gasteiger partial charge on any atom is -0.373 e. The summed E-state index contributed by atoms with van der Waals surface area (Å²) in [5.74, 6) is -2.32. The van der Waals surface area contributed by atoms with E-state index in [1.165, 1.54) is 18.9 Å². The number of carbonyl (C=O) groups excluding carboxylic acids is 1. The summed E-state index contributed by atoms with van der Waals surface area (Å²) in [4.78, 5) is 11.6. The number of rotatable bonds is 9. The summed E-state index contributed by atoms with van der Waals surface area (Å²) in [5, 5.41) is 0. The number of benzene rings is 1. The van der Waals surface area contributed by atoms with Gasteiger partial charge >= 0.3 is 0 Å². The number of hydrogen-bond acceptors (Lipinski definition) is 2. The van der Waals surface area contributed by atoms with Gasteiger partial charge in [-0.1, -0.05) is 38.7 Å². The molecule has 0 spiro atoms. The van der Waals surface area contributed by atoms with Crippen molar-refractivity contribution in [1.29, 1.82) is 0 Å². The van der Waals surface area contributed by atoms with Crippen LogP contribution < -0.4 is 0 Å². The minimum atomic E-state index is -0.837. The van der Waals surface area contributed by atoms with Crippen molar-refractivity contribution in [1.82, 2.24) is 0 Å². The largest absolute Gasteiger partial charge is 0.373 e. The van der Waals surface area contributed by atoms with E-state index < -0.39 is 23.0 Å². The highest BCUT2D eigenvalue weighted by Gasteiger charge is 2.16. The third kappa shape index (κ3) is 5.47. The average Bonchev–Trinajstić information content (AvgIpc) is 2.37. The number of carbonyl (C=O) groups is 1. The molecule has 0 aliphatic rings. The van der Waals surface area contributed by atoms with Gasteiger partial charge in [-0.2, -0.15) is 0 Å². The van der Waals surface area contributed by atoms with Crippen LogP contribution in [0.1, 0.15) is 49.4 Å². The van der Waals surface area contributed by atoms with Crippen LogP contribution >= 0.6 is 0 Å². The Kier molecular flexibility index (Phi) is 7.26. The molecule has 1 aromatic rings. The molecule has 0 radical (unpaired) electrons. The van der Waals surface area contributed by atoms with Crippen LogP contribution in [-0.4, -0.2) is 19.0 Å². The van der Waals surface area contributed by atoms with Crippen LogP contribution in [-0.2, 0) is 4.74 Å². The van der Waals surface area contributed by atoms with Crippen molar-refractivity contribution in [3.8, 4) is 0 Å². The van der Waals surface area contributed by atoms with Crippen LogP contribution in [0, 0.1) is 11.6 Å². The first-order chi connectivity index (χ1) is 9.16. The van der Waals surface area contributed by atoms with Crippen molar-refractivity contribution in [2.75, 3.05) is 13.2 Å². The predicted octanol–water partition coefficient (Wildman–Crippen LogP) is 4.13. The van der Waals surface area contributed by atoms with Gasteiger partial charge in [0.1, 0.15) is 18.2 Å². The maximum Gasteiger partial charge on any atom is 0.194 e.